The zero-order valence-corrected chi connectivity index (χ0v) is 9.38. The lowest BCUT2D eigenvalue weighted by Crippen LogP contribution is -2.20. The molecular formula is C12H20O2. The minimum Gasteiger partial charge on any atom is -0.466 e. The predicted octanol–water partition coefficient (Wildman–Crippen LogP) is 2.93. The minimum absolute atomic E-state index is 0.241. The number of carbonyl (C=O) groups excluding carboxylic acids is 1. The van der Waals surface area contributed by atoms with Crippen LogP contribution in [-0.2, 0) is 9.53 Å². The summed E-state index contributed by atoms with van der Waals surface area (Å²) in [4.78, 5) is 10.9. The van der Waals surface area contributed by atoms with Gasteiger partial charge in [0.2, 0.25) is 0 Å². The van der Waals surface area contributed by atoms with Crippen LogP contribution < -0.4 is 0 Å². The standard InChI is InChI=1S/C12H20O2/c1-12(2)8-6-10(7-9-12)4-5-11(13)14-3/h4-5,10H,6-9H2,1-3H3/b5-4+. The number of hydrogen-bond donors (Lipinski definition) is 0. The maximum atomic E-state index is 10.9. The van der Waals surface area contributed by atoms with E-state index in [9.17, 15) is 4.79 Å². The Morgan fingerprint density at radius 1 is 1.36 bits per heavy atom. The van der Waals surface area contributed by atoms with Crippen LogP contribution in [0.4, 0.5) is 0 Å². The van der Waals surface area contributed by atoms with Crippen LogP contribution in [0.5, 0.6) is 0 Å². The zero-order chi connectivity index (χ0) is 10.6. The first-order chi connectivity index (χ1) is 6.53. The predicted molar refractivity (Wildman–Crippen MR) is 56.9 cm³/mol. The SMILES string of the molecule is COC(=O)/C=C/C1CCC(C)(C)CC1. The number of allylic oxidation sites excluding steroid dienone is 1. The van der Waals surface area contributed by atoms with E-state index in [1.165, 1.54) is 32.8 Å². The summed E-state index contributed by atoms with van der Waals surface area (Å²) >= 11 is 0. The van der Waals surface area contributed by atoms with E-state index in [2.05, 4.69) is 18.6 Å². The summed E-state index contributed by atoms with van der Waals surface area (Å²) < 4.78 is 4.56. The highest BCUT2D eigenvalue weighted by atomic mass is 16.5. The molecule has 0 aromatic rings. The number of esters is 1. The first-order valence-corrected chi connectivity index (χ1v) is 5.30. The van der Waals surface area contributed by atoms with Gasteiger partial charge in [-0.15, -0.1) is 0 Å². The van der Waals surface area contributed by atoms with Gasteiger partial charge in [-0.3, -0.25) is 0 Å². The van der Waals surface area contributed by atoms with Crippen molar-refractivity contribution in [3.05, 3.63) is 12.2 Å². The molecule has 1 aliphatic rings. The van der Waals surface area contributed by atoms with Crippen LogP contribution >= 0.6 is 0 Å². The molecule has 0 atom stereocenters. The maximum Gasteiger partial charge on any atom is 0.330 e. The van der Waals surface area contributed by atoms with Crippen LogP contribution in [0.2, 0.25) is 0 Å². The van der Waals surface area contributed by atoms with Gasteiger partial charge in [0, 0.05) is 6.08 Å². The smallest absolute Gasteiger partial charge is 0.330 e. The van der Waals surface area contributed by atoms with Crippen LogP contribution in [-0.4, -0.2) is 13.1 Å². The largest absolute Gasteiger partial charge is 0.466 e. The molecule has 0 aliphatic heterocycles. The molecule has 0 aromatic heterocycles. The Hall–Kier alpha value is -0.790. The normalized spacial score (nSPS) is 22.5. The number of rotatable bonds is 2. The first-order valence-electron chi connectivity index (χ1n) is 5.30. The van der Waals surface area contributed by atoms with Crippen LogP contribution in [0.3, 0.4) is 0 Å². The van der Waals surface area contributed by atoms with Crippen molar-refractivity contribution < 1.29 is 9.53 Å². The average Bonchev–Trinajstić information content (AvgIpc) is 2.16. The van der Waals surface area contributed by atoms with Crippen molar-refractivity contribution in [3.8, 4) is 0 Å². The van der Waals surface area contributed by atoms with Crippen molar-refractivity contribution in [2.75, 3.05) is 7.11 Å². The number of carbonyl (C=O) groups is 1. The van der Waals surface area contributed by atoms with Crippen molar-refractivity contribution in [1.29, 1.82) is 0 Å². The maximum absolute atomic E-state index is 10.9. The summed E-state index contributed by atoms with van der Waals surface area (Å²) in [5, 5.41) is 0. The third kappa shape index (κ3) is 3.52. The topological polar surface area (TPSA) is 26.3 Å². The van der Waals surface area contributed by atoms with Crippen LogP contribution in [0.15, 0.2) is 12.2 Å². The lowest BCUT2D eigenvalue weighted by Gasteiger charge is -2.32. The molecular weight excluding hydrogens is 176 g/mol. The van der Waals surface area contributed by atoms with E-state index in [1.807, 2.05) is 6.08 Å². The fourth-order valence-electron chi connectivity index (χ4n) is 1.90. The number of methoxy groups -OCH3 is 1. The molecule has 0 spiro atoms. The van der Waals surface area contributed by atoms with E-state index in [0.717, 1.165) is 0 Å². The van der Waals surface area contributed by atoms with Crippen molar-refractivity contribution in [2.24, 2.45) is 11.3 Å². The Balaban J connectivity index is 2.36. The van der Waals surface area contributed by atoms with Crippen molar-refractivity contribution in [2.45, 2.75) is 39.5 Å². The van der Waals surface area contributed by atoms with Crippen LogP contribution in [0.1, 0.15) is 39.5 Å². The quantitative estimate of drug-likeness (QED) is 0.501. The molecule has 2 nitrogen and oxygen atoms in total. The lowest BCUT2D eigenvalue weighted by atomic mass is 9.73. The monoisotopic (exact) mass is 196 g/mol. The molecule has 80 valence electrons. The number of ether oxygens (including phenoxy) is 1. The Morgan fingerprint density at radius 3 is 2.43 bits per heavy atom. The van der Waals surface area contributed by atoms with E-state index in [0.29, 0.717) is 11.3 Å². The second-order valence-corrected chi connectivity index (χ2v) is 4.88. The number of hydrogen-bond acceptors (Lipinski definition) is 2. The minimum atomic E-state index is -0.241. The first kappa shape index (κ1) is 11.3. The molecule has 0 bridgehead atoms. The van der Waals surface area contributed by atoms with Crippen molar-refractivity contribution in [3.63, 3.8) is 0 Å². The summed E-state index contributed by atoms with van der Waals surface area (Å²) in [5.41, 5.74) is 0.496. The van der Waals surface area contributed by atoms with Gasteiger partial charge in [0.25, 0.3) is 0 Å². The van der Waals surface area contributed by atoms with Gasteiger partial charge in [0.15, 0.2) is 0 Å². The third-order valence-electron chi connectivity index (χ3n) is 3.09. The summed E-state index contributed by atoms with van der Waals surface area (Å²) in [6.07, 6.45) is 8.46. The third-order valence-corrected chi connectivity index (χ3v) is 3.09. The summed E-state index contributed by atoms with van der Waals surface area (Å²) in [5.74, 6) is 0.331. The van der Waals surface area contributed by atoms with E-state index >= 15 is 0 Å². The van der Waals surface area contributed by atoms with Gasteiger partial charge in [-0.2, -0.15) is 0 Å². The highest BCUT2D eigenvalue weighted by Gasteiger charge is 2.25. The van der Waals surface area contributed by atoms with Gasteiger partial charge >= 0.3 is 5.97 Å². The Bertz CT molecular complexity index is 218. The molecule has 0 N–H and O–H groups in total. The molecule has 14 heavy (non-hydrogen) atoms. The average molecular weight is 196 g/mol. The fourth-order valence-corrected chi connectivity index (χ4v) is 1.90. The molecule has 0 heterocycles. The van der Waals surface area contributed by atoms with E-state index in [4.69, 9.17) is 0 Å². The molecule has 0 amide bonds. The molecule has 0 radical (unpaired) electrons. The highest BCUT2D eigenvalue weighted by Crippen LogP contribution is 2.38. The van der Waals surface area contributed by atoms with Gasteiger partial charge in [-0.05, 0) is 37.0 Å². The van der Waals surface area contributed by atoms with E-state index < -0.39 is 0 Å². The van der Waals surface area contributed by atoms with Gasteiger partial charge in [0.1, 0.15) is 0 Å². The molecule has 0 unspecified atom stereocenters. The van der Waals surface area contributed by atoms with E-state index in [-0.39, 0.29) is 5.97 Å². The molecule has 1 rings (SSSR count). The lowest BCUT2D eigenvalue weighted by molar-refractivity contribution is -0.134. The zero-order valence-electron chi connectivity index (χ0n) is 9.38. The van der Waals surface area contributed by atoms with Gasteiger partial charge < -0.3 is 4.74 Å². The molecule has 0 aromatic carbocycles. The van der Waals surface area contributed by atoms with Crippen molar-refractivity contribution in [1.82, 2.24) is 0 Å². The van der Waals surface area contributed by atoms with Gasteiger partial charge in [-0.1, -0.05) is 19.9 Å². The van der Waals surface area contributed by atoms with E-state index in [1.54, 1.807) is 6.08 Å². The van der Waals surface area contributed by atoms with Gasteiger partial charge in [0.05, 0.1) is 7.11 Å². The Kier molecular flexibility index (Phi) is 3.73. The molecule has 2 heteroatoms. The summed E-state index contributed by atoms with van der Waals surface area (Å²) in [7, 11) is 1.41. The Labute approximate surface area is 86.3 Å². The second kappa shape index (κ2) is 4.63. The summed E-state index contributed by atoms with van der Waals surface area (Å²) in [6.45, 7) is 4.63. The molecule has 1 fully saturated rings. The highest BCUT2D eigenvalue weighted by molar-refractivity contribution is 5.81. The van der Waals surface area contributed by atoms with Crippen LogP contribution in [0.25, 0.3) is 0 Å². The second-order valence-electron chi connectivity index (χ2n) is 4.88. The Morgan fingerprint density at radius 2 is 1.93 bits per heavy atom. The molecule has 1 saturated carbocycles. The van der Waals surface area contributed by atoms with Gasteiger partial charge in [-0.25, -0.2) is 4.79 Å². The summed E-state index contributed by atoms with van der Waals surface area (Å²) in [6, 6.07) is 0. The van der Waals surface area contributed by atoms with Crippen LogP contribution in [0, 0.1) is 11.3 Å². The fraction of sp³-hybridized carbons (Fsp3) is 0.750. The van der Waals surface area contributed by atoms with Crippen molar-refractivity contribution >= 4 is 5.97 Å². The molecule has 0 saturated heterocycles. The molecule has 1 aliphatic carbocycles.